The molecule has 1 aromatic rings. The second-order valence-corrected chi connectivity index (χ2v) is 8.76. The lowest BCUT2D eigenvalue weighted by Crippen LogP contribution is -2.34. The van der Waals surface area contributed by atoms with Crippen LogP contribution < -0.4 is 0 Å². The molecule has 1 aliphatic heterocycles. The van der Waals surface area contributed by atoms with Crippen molar-refractivity contribution in [1.29, 1.82) is 0 Å². The predicted molar refractivity (Wildman–Crippen MR) is 96.6 cm³/mol. The second kappa shape index (κ2) is 6.36. The zero-order valence-corrected chi connectivity index (χ0v) is 15.2. The van der Waals surface area contributed by atoms with Gasteiger partial charge < -0.3 is 5.11 Å². The zero-order chi connectivity index (χ0) is 17.4. The van der Waals surface area contributed by atoms with Crippen molar-refractivity contribution in [2.24, 2.45) is 4.99 Å². The van der Waals surface area contributed by atoms with Gasteiger partial charge in [0, 0.05) is 5.56 Å². The van der Waals surface area contributed by atoms with Crippen LogP contribution in [0.2, 0.25) is 0 Å². The van der Waals surface area contributed by atoms with E-state index in [2.05, 4.69) is 6.08 Å². The predicted octanol–water partition coefficient (Wildman–Crippen LogP) is 4.03. The molecular formula is C19H25NO3S. The molecule has 0 saturated heterocycles. The third-order valence-electron chi connectivity index (χ3n) is 5.27. The van der Waals surface area contributed by atoms with Gasteiger partial charge in [0.1, 0.15) is 5.75 Å². The first-order valence-electron chi connectivity index (χ1n) is 8.76. The highest BCUT2D eigenvalue weighted by molar-refractivity contribution is 7.91. The normalized spacial score (nSPS) is 22.1. The first kappa shape index (κ1) is 17.2. The van der Waals surface area contributed by atoms with Crippen molar-refractivity contribution in [3.63, 3.8) is 0 Å². The first-order chi connectivity index (χ1) is 11.4. The summed E-state index contributed by atoms with van der Waals surface area (Å²) in [5, 5.41) is 9.83. The highest BCUT2D eigenvalue weighted by atomic mass is 32.2. The van der Waals surface area contributed by atoms with Crippen molar-refractivity contribution in [3.05, 3.63) is 35.4 Å². The molecular weight excluding hydrogens is 322 g/mol. The largest absolute Gasteiger partial charge is 0.508 e. The van der Waals surface area contributed by atoms with E-state index in [-0.39, 0.29) is 16.4 Å². The zero-order valence-electron chi connectivity index (χ0n) is 14.4. The highest BCUT2D eigenvalue weighted by Crippen LogP contribution is 2.36. The van der Waals surface area contributed by atoms with E-state index in [0.29, 0.717) is 18.4 Å². The summed E-state index contributed by atoms with van der Waals surface area (Å²) >= 11 is 0. The minimum absolute atomic E-state index is 0.000231. The molecule has 3 rings (SSSR count). The second-order valence-electron chi connectivity index (χ2n) is 6.81. The topological polar surface area (TPSA) is 66.7 Å². The summed E-state index contributed by atoms with van der Waals surface area (Å²) < 4.78 is 26.0. The molecule has 0 atom stereocenters. The van der Waals surface area contributed by atoms with Crippen molar-refractivity contribution in [2.75, 3.05) is 5.75 Å². The molecule has 0 amide bonds. The third-order valence-corrected chi connectivity index (χ3v) is 7.20. The van der Waals surface area contributed by atoms with E-state index >= 15 is 0 Å². The van der Waals surface area contributed by atoms with Gasteiger partial charge in [-0.2, -0.15) is 0 Å². The van der Waals surface area contributed by atoms with Crippen LogP contribution in [-0.2, 0) is 9.84 Å². The number of fused-ring (bicyclic) bond motifs is 1. The Labute approximate surface area is 144 Å². The molecule has 1 N–H and O–H groups in total. The summed E-state index contributed by atoms with van der Waals surface area (Å²) in [7, 11) is -3.51. The van der Waals surface area contributed by atoms with Crippen LogP contribution in [0.4, 0.5) is 0 Å². The van der Waals surface area contributed by atoms with Crippen molar-refractivity contribution in [3.8, 4) is 5.75 Å². The van der Waals surface area contributed by atoms with E-state index in [1.165, 1.54) is 12.5 Å². The van der Waals surface area contributed by atoms with Gasteiger partial charge in [-0.05, 0) is 62.3 Å². The fraction of sp³-hybridized carbons (Fsp3) is 0.526. The molecule has 0 bridgehead atoms. The number of hydrogen-bond acceptors (Lipinski definition) is 4. The Morgan fingerprint density at radius 3 is 2.58 bits per heavy atom. The van der Waals surface area contributed by atoms with Crippen LogP contribution in [-0.4, -0.2) is 30.5 Å². The van der Waals surface area contributed by atoms with Gasteiger partial charge in [0.05, 0.1) is 21.9 Å². The SMILES string of the molecule is CCC1(CC)CS(=O)(=O)c2cc(O)ccc2C(C2=CCCCC2)=N1. The lowest BCUT2D eigenvalue weighted by Gasteiger charge is -2.27. The van der Waals surface area contributed by atoms with E-state index < -0.39 is 15.4 Å². The van der Waals surface area contributed by atoms with Crippen LogP contribution in [0.3, 0.4) is 0 Å². The number of phenols is 1. The quantitative estimate of drug-likeness (QED) is 0.898. The van der Waals surface area contributed by atoms with Gasteiger partial charge in [0.15, 0.2) is 9.84 Å². The van der Waals surface area contributed by atoms with Gasteiger partial charge in [-0.15, -0.1) is 0 Å². The number of allylic oxidation sites excluding steroid dienone is 2. The Balaban J connectivity index is 2.29. The molecule has 2 aliphatic rings. The fourth-order valence-corrected chi connectivity index (χ4v) is 5.77. The van der Waals surface area contributed by atoms with Crippen LogP contribution in [0, 0.1) is 0 Å². The summed E-state index contributed by atoms with van der Waals surface area (Å²) in [5.41, 5.74) is 2.01. The molecule has 4 nitrogen and oxygen atoms in total. The standard InChI is InChI=1S/C19H25NO3S/c1-3-19(4-2)13-24(22,23)17-12-15(21)10-11-16(17)18(20-19)14-8-6-5-7-9-14/h8,10-12,21H,3-7,9,13H2,1-2H3. The van der Waals surface area contributed by atoms with Crippen molar-refractivity contribution in [1.82, 2.24) is 0 Å². The number of benzene rings is 1. The first-order valence-corrected chi connectivity index (χ1v) is 10.4. The minimum atomic E-state index is -3.51. The van der Waals surface area contributed by atoms with E-state index in [9.17, 15) is 13.5 Å². The average molecular weight is 347 g/mol. The van der Waals surface area contributed by atoms with Gasteiger partial charge >= 0.3 is 0 Å². The lowest BCUT2D eigenvalue weighted by atomic mass is 9.90. The van der Waals surface area contributed by atoms with Crippen LogP contribution in [0.15, 0.2) is 39.7 Å². The van der Waals surface area contributed by atoms with Crippen LogP contribution in [0.5, 0.6) is 5.75 Å². The number of nitrogens with zero attached hydrogens (tertiary/aromatic N) is 1. The monoisotopic (exact) mass is 347 g/mol. The van der Waals surface area contributed by atoms with Crippen LogP contribution >= 0.6 is 0 Å². The van der Waals surface area contributed by atoms with Crippen LogP contribution in [0.25, 0.3) is 0 Å². The number of hydrogen-bond donors (Lipinski definition) is 1. The van der Waals surface area contributed by atoms with Crippen molar-refractivity contribution < 1.29 is 13.5 Å². The van der Waals surface area contributed by atoms with Crippen molar-refractivity contribution >= 4 is 15.5 Å². The average Bonchev–Trinajstić information content (AvgIpc) is 2.69. The lowest BCUT2D eigenvalue weighted by molar-refractivity contribution is 0.439. The summed E-state index contributed by atoms with van der Waals surface area (Å²) in [6.07, 6.45) is 7.79. The van der Waals surface area contributed by atoms with Gasteiger partial charge in [-0.3, -0.25) is 4.99 Å². The number of rotatable bonds is 3. The third kappa shape index (κ3) is 3.02. The maximum absolute atomic E-state index is 13.0. The molecule has 5 heteroatoms. The number of aliphatic imine (C=N–C) groups is 1. The molecule has 0 radical (unpaired) electrons. The Kier molecular flexibility index (Phi) is 4.56. The van der Waals surface area contributed by atoms with E-state index in [0.717, 1.165) is 30.5 Å². The Hall–Kier alpha value is -1.62. The summed E-state index contributed by atoms with van der Waals surface area (Å²) in [6, 6.07) is 4.64. The molecule has 0 aromatic heterocycles. The maximum atomic E-state index is 13.0. The van der Waals surface area contributed by atoms with E-state index in [1.54, 1.807) is 12.1 Å². The Morgan fingerprint density at radius 2 is 1.96 bits per heavy atom. The van der Waals surface area contributed by atoms with Crippen molar-refractivity contribution in [2.45, 2.75) is 62.8 Å². The van der Waals surface area contributed by atoms with E-state index in [4.69, 9.17) is 4.99 Å². The van der Waals surface area contributed by atoms with Gasteiger partial charge in [0.25, 0.3) is 0 Å². The highest BCUT2D eigenvalue weighted by Gasteiger charge is 2.38. The number of aromatic hydroxyl groups is 1. The molecule has 130 valence electrons. The van der Waals surface area contributed by atoms with Gasteiger partial charge in [-0.25, -0.2) is 8.42 Å². The number of sulfone groups is 1. The molecule has 0 fully saturated rings. The van der Waals surface area contributed by atoms with E-state index in [1.807, 2.05) is 13.8 Å². The Bertz CT molecular complexity index is 802. The van der Waals surface area contributed by atoms with Gasteiger partial charge in [0.2, 0.25) is 0 Å². The summed E-state index contributed by atoms with van der Waals surface area (Å²) in [5.74, 6) is -0.0185. The van der Waals surface area contributed by atoms with Crippen LogP contribution in [0.1, 0.15) is 57.9 Å². The summed E-state index contributed by atoms with van der Waals surface area (Å²) in [4.78, 5) is 5.24. The Morgan fingerprint density at radius 1 is 1.21 bits per heavy atom. The molecule has 1 aromatic carbocycles. The molecule has 24 heavy (non-hydrogen) atoms. The van der Waals surface area contributed by atoms with Gasteiger partial charge in [-0.1, -0.05) is 19.9 Å². The molecule has 0 saturated carbocycles. The molecule has 0 unspecified atom stereocenters. The minimum Gasteiger partial charge on any atom is -0.508 e. The summed E-state index contributed by atoms with van der Waals surface area (Å²) in [6.45, 7) is 4.01. The molecule has 0 spiro atoms. The molecule has 1 heterocycles. The fourth-order valence-electron chi connectivity index (χ4n) is 3.64. The molecule has 1 aliphatic carbocycles. The number of phenolic OH excluding ortho intramolecular Hbond substituents is 1. The maximum Gasteiger partial charge on any atom is 0.181 e. The smallest absolute Gasteiger partial charge is 0.181 e.